The van der Waals surface area contributed by atoms with E-state index >= 15 is 0 Å². The highest BCUT2D eigenvalue weighted by Crippen LogP contribution is 2.30. The third-order valence-electron chi connectivity index (χ3n) is 3.04. The number of sulfonamides is 1. The first-order chi connectivity index (χ1) is 9.30. The molecule has 20 heavy (non-hydrogen) atoms. The Morgan fingerprint density at radius 1 is 1.50 bits per heavy atom. The second-order valence-electron chi connectivity index (χ2n) is 4.68. The first-order valence-electron chi connectivity index (χ1n) is 5.80. The van der Waals surface area contributed by atoms with Gasteiger partial charge in [0.05, 0.1) is 17.0 Å². The Morgan fingerprint density at radius 3 is 2.80 bits per heavy atom. The quantitative estimate of drug-likeness (QED) is 0.893. The fourth-order valence-electron chi connectivity index (χ4n) is 2.29. The lowest BCUT2D eigenvalue weighted by atomic mass is 10.1. The minimum Gasteiger partial charge on any atom is -0.311 e. The number of halogens is 1. The molecule has 0 spiro atoms. The summed E-state index contributed by atoms with van der Waals surface area (Å²) in [5.41, 5.74) is 0.723. The van der Waals surface area contributed by atoms with Crippen LogP contribution in [0, 0.1) is 17.2 Å². The molecule has 1 aliphatic rings. The highest BCUT2D eigenvalue weighted by molar-refractivity contribution is 7.89. The van der Waals surface area contributed by atoms with E-state index in [0.717, 1.165) is 0 Å². The number of benzene rings is 1. The first kappa shape index (κ1) is 14.8. The van der Waals surface area contributed by atoms with Gasteiger partial charge in [-0.2, -0.15) is 5.26 Å². The molecule has 1 unspecified atom stereocenters. The molecule has 1 atom stereocenters. The maximum Gasteiger partial charge on any atom is 0.227 e. The Hall–Kier alpha value is -1.62. The fraction of sp³-hybridized carbons (Fsp3) is 0.333. The molecule has 1 fully saturated rings. The molecule has 1 heterocycles. The van der Waals surface area contributed by atoms with E-state index in [1.807, 2.05) is 6.07 Å². The lowest BCUT2D eigenvalue weighted by Crippen LogP contribution is -2.28. The molecule has 6 nitrogen and oxygen atoms in total. The van der Waals surface area contributed by atoms with Crippen LogP contribution in [0.3, 0.4) is 0 Å². The van der Waals surface area contributed by atoms with Crippen molar-refractivity contribution >= 4 is 33.2 Å². The fourth-order valence-corrected chi connectivity index (χ4v) is 3.34. The number of anilines is 1. The van der Waals surface area contributed by atoms with Crippen LogP contribution in [0.4, 0.5) is 5.69 Å². The maximum absolute atomic E-state index is 12.0. The lowest BCUT2D eigenvalue weighted by Gasteiger charge is -2.18. The van der Waals surface area contributed by atoms with E-state index in [9.17, 15) is 13.2 Å². The summed E-state index contributed by atoms with van der Waals surface area (Å²) in [7, 11) is -3.62. The number of amides is 1. The number of carbonyl (C=O) groups is 1. The molecule has 0 radical (unpaired) electrons. The Kier molecular flexibility index (Phi) is 3.99. The average Bonchev–Trinajstić information content (AvgIpc) is 2.67. The highest BCUT2D eigenvalue weighted by Gasteiger charge is 2.33. The van der Waals surface area contributed by atoms with Gasteiger partial charge in [-0.3, -0.25) is 4.79 Å². The summed E-state index contributed by atoms with van der Waals surface area (Å²) in [6, 6.07) is 6.61. The topological polar surface area (TPSA) is 104 Å². The number of nitriles is 1. The van der Waals surface area contributed by atoms with Crippen molar-refractivity contribution in [1.29, 1.82) is 5.26 Å². The van der Waals surface area contributed by atoms with Gasteiger partial charge >= 0.3 is 0 Å². The van der Waals surface area contributed by atoms with Crippen molar-refractivity contribution in [2.24, 2.45) is 11.1 Å². The molecular weight excluding hydrogens is 302 g/mol. The van der Waals surface area contributed by atoms with Crippen LogP contribution in [0.5, 0.6) is 0 Å². The van der Waals surface area contributed by atoms with E-state index in [2.05, 4.69) is 0 Å². The van der Waals surface area contributed by atoms with E-state index < -0.39 is 10.0 Å². The van der Waals surface area contributed by atoms with Crippen LogP contribution in [0.1, 0.15) is 12.0 Å². The number of rotatable bonds is 3. The second-order valence-corrected chi connectivity index (χ2v) is 6.77. The summed E-state index contributed by atoms with van der Waals surface area (Å²) in [6.07, 6.45) is 0.101. The van der Waals surface area contributed by atoms with Gasteiger partial charge in [-0.1, -0.05) is 11.6 Å². The normalized spacial score (nSPS) is 19.1. The van der Waals surface area contributed by atoms with Gasteiger partial charge in [0.1, 0.15) is 6.07 Å². The van der Waals surface area contributed by atoms with Crippen LogP contribution in [0.25, 0.3) is 0 Å². The van der Waals surface area contributed by atoms with Crippen LogP contribution < -0.4 is 10.0 Å². The van der Waals surface area contributed by atoms with E-state index in [1.165, 1.54) is 11.0 Å². The van der Waals surface area contributed by atoms with Crippen LogP contribution in [0.2, 0.25) is 5.02 Å². The van der Waals surface area contributed by atoms with Gasteiger partial charge in [-0.05, 0) is 18.2 Å². The molecule has 1 aromatic carbocycles. The zero-order chi connectivity index (χ0) is 14.9. The summed E-state index contributed by atoms with van der Waals surface area (Å²) >= 11 is 5.80. The van der Waals surface area contributed by atoms with Crippen molar-refractivity contribution in [2.45, 2.75) is 6.42 Å². The number of carbonyl (C=O) groups excluding carboxylic acids is 1. The Morgan fingerprint density at radius 2 is 2.20 bits per heavy atom. The molecular formula is C12H12ClN3O3S. The molecule has 1 saturated heterocycles. The number of hydrogen-bond donors (Lipinski definition) is 1. The van der Waals surface area contributed by atoms with Gasteiger partial charge in [0.15, 0.2) is 0 Å². The van der Waals surface area contributed by atoms with Crippen LogP contribution in [0.15, 0.2) is 18.2 Å². The molecule has 0 bridgehead atoms. The van der Waals surface area contributed by atoms with Crippen LogP contribution >= 0.6 is 11.6 Å². The van der Waals surface area contributed by atoms with E-state index in [4.69, 9.17) is 22.0 Å². The monoisotopic (exact) mass is 313 g/mol. The van der Waals surface area contributed by atoms with Crippen LogP contribution in [-0.2, 0) is 14.8 Å². The SMILES string of the molecule is N#Cc1cc(Cl)ccc1N1CC(CS(N)(=O)=O)CC1=O. The largest absolute Gasteiger partial charge is 0.311 e. The molecule has 8 heteroatoms. The van der Waals surface area contributed by atoms with Crippen molar-refractivity contribution in [2.75, 3.05) is 17.2 Å². The third kappa shape index (κ3) is 3.28. The van der Waals surface area contributed by atoms with Gasteiger partial charge < -0.3 is 4.90 Å². The zero-order valence-electron chi connectivity index (χ0n) is 10.4. The van der Waals surface area contributed by atoms with Crippen molar-refractivity contribution in [1.82, 2.24) is 0 Å². The van der Waals surface area contributed by atoms with Gasteiger partial charge in [0, 0.05) is 23.9 Å². The standard InChI is InChI=1S/C12H12ClN3O3S/c13-10-1-2-11(9(4-10)5-14)16-6-8(3-12(16)17)7-20(15,18)19/h1-2,4,8H,3,6-7H2,(H2,15,18,19). The predicted octanol–water partition coefficient (Wildman–Crippen LogP) is 0.853. The van der Waals surface area contributed by atoms with Gasteiger partial charge in [0.25, 0.3) is 0 Å². The van der Waals surface area contributed by atoms with E-state index in [-0.39, 0.29) is 36.1 Å². The second kappa shape index (κ2) is 5.40. The van der Waals surface area contributed by atoms with Crippen molar-refractivity contribution < 1.29 is 13.2 Å². The van der Waals surface area contributed by atoms with Gasteiger partial charge in [-0.15, -0.1) is 0 Å². The van der Waals surface area contributed by atoms with E-state index in [1.54, 1.807) is 12.1 Å². The molecule has 0 aliphatic carbocycles. The molecule has 1 aromatic rings. The summed E-state index contributed by atoms with van der Waals surface area (Å²) < 4.78 is 22.2. The number of hydrogen-bond acceptors (Lipinski definition) is 4. The summed E-state index contributed by atoms with van der Waals surface area (Å²) in [4.78, 5) is 13.4. The third-order valence-corrected chi connectivity index (χ3v) is 4.21. The molecule has 1 amide bonds. The first-order valence-corrected chi connectivity index (χ1v) is 7.90. The number of nitrogens with two attached hydrogens (primary N) is 1. The maximum atomic E-state index is 12.0. The van der Waals surface area contributed by atoms with Gasteiger partial charge in [0.2, 0.25) is 15.9 Å². The average molecular weight is 314 g/mol. The highest BCUT2D eigenvalue weighted by atomic mass is 35.5. The molecule has 0 saturated carbocycles. The van der Waals surface area contributed by atoms with Crippen molar-refractivity contribution in [3.05, 3.63) is 28.8 Å². The summed E-state index contributed by atoms with van der Waals surface area (Å²) in [5, 5.41) is 14.5. The minimum absolute atomic E-state index is 0.101. The number of primary sulfonamides is 1. The number of nitrogens with zero attached hydrogens (tertiary/aromatic N) is 2. The zero-order valence-corrected chi connectivity index (χ0v) is 12.0. The predicted molar refractivity (Wildman–Crippen MR) is 74.6 cm³/mol. The van der Waals surface area contributed by atoms with Crippen molar-refractivity contribution in [3.8, 4) is 6.07 Å². The molecule has 2 N–H and O–H groups in total. The summed E-state index contributed by atoms with van der Waals surface area (Å²) in [6.45, 7) is 0.228. The van der Waals surface area contributed by atoms with E-state index in [0.29, 0.717) is 10.7 Å². The minimum atomic E-state index is -3.62. The summed E-state index contributed by atoms with van der Waals surface area (Å²) in [5.74, 6) is -0.831. The Labute approximate surface area is 121 Å². The Bertz CT molecular complexity index is 696. The Balaban J connectivity index is 2.27. The smallest absolute Gasteiger partial charge is 0.227 e. The molecule has 0 aromatic heterocycles. The molecule has 1 aliphatic heterocycles. The van der Waals surface area contributed by atoms with Crippen LogP contribution in [-0.4, -0.2) is 26.6 Å². The lowest BCUT2D eigenvalue weighted by molar-refractivity contribution is -0.117. The molecule has 106 valence electrons. The van der Waals surface area contributed by atoms with Gasteiger partial charge in [-0.25, -0.2) is 13.6 Å². The van der Waals surface area contributed by atoms with Crippen molar-refractivity contribution in [3.63, 3.8) is 0 Å². The molecule has 2 rings (SSSR count).